The molecule has 0 rings (SSSR count). The number of carboxylic acids is 1. The molecule has 0 fully saturated rings. The number of nitrogens with two attached hydrogens (primary N) is 1. The first-order valence-corrected chi connectivity index (χ1v) is 5.41. The molecule has 5 N–H and O–H groups in total. The fourth-order valence-electron chi connectivity index (χ4n) is 0. The zero-order valence-corrected chi connectivity index (χ0v) is 7.17. The van der Waals surface area contributed by atoms with Gasteiger partial charge in [0.15, 0.2) is 0 Å². The molecule has 0 heterocycles. The van der Waals surface area contributed by atoms with Crippen LogP contribution < -0.4 is 5.73 Å². The molecule has 0 amide bonds. The Morgan fingerprint density at radius 1 is 1.55 bits per heavy atom. The number of aliphatic carboxylic acids is 1. The van der Waals surface area contributed by atoms with Gasteiger partial charge in [-0.15, -0.1) is 0 Å². The van der Waals surface area contributed by atoms with Crippen LogP contribution in [0.3, 0.4) is 0 Å². The van der Waals surface area contributed by atoms with Crippen molar-refractivity contribution in [3.05, 3.63) is 0 Å². The van der Waals surface area contributed by atoms with Gasteiger partial charge < -0.3 is 10.8 Å². The van der Waals surface area contributed by atoms with Gasteiger partial charge in [-0.2, -0.15) is 0 Å². The van der Waals surface area contributed by atoms with Gasteiger partial charge in [0.1, 0.15) is 0 Å². The van der Waals surface area contributed by atoms with Crippen LogP contribution in [0.1, 0.15) is 0 Å². The second-order valence-electron chi connectivity index (χ2n) is 1.10. The summed E-state index contributed by atoms with van der Waals surface area (Å²) in [6.07, 6.45) is 0. The zero-order chi connectivity index (χ0) is 9.49. The molecule has 0 aromatic heterocycles. The van der Waals surface area contributed by atoms with Crippen LogP contribution in [-0.2, 0) is 31.9 Å². The van der Waals surface area contributed by atoms with E-state index in [1.54, 1.807) is 0 Å². The summed E-state index contributed by atoms with van der Waals surface area (Å²) in [6, 6.07) is 0. The van der Waals surface area contributed by atoms with E-state index >= 15 is 0 Å². The number of hydrogen-bond donors (Lipinski definition) is 4. The Balaban J connectivity index is 0. The number of hydrogen-bond acceptors (Lipinski definition) is 6. The third kappa shape index (κ3) is 26.2. The quantitative estimate of drug-likeness (QED) is 0.255. The summed E-state index contributed by atoms with van der Waals surface area (Å²) in [6.45, 7) is -0.278. The summed E-state index contributed by atoms with van der Waals surface area (Å²) < 4.78 is 28.4. The van der Waals surface area contributed by atoms with Crippen molar-refractivity contribution in [1.82, 2.24) is 0 Å². The molecule has 0 unspecified atom stereocenters. The Hall–Kier alpha value is -0.402. The summed E-state index contributed by atoms with van der Waals surface area (Å²) in [7, 11) is 0. The van der Waals surface area contributed by atoms with Crippen molar-refractivity contribution in [1.29, 1.82) is 0 Å². The fourth-order valence-corrected chi connectivity index (χ4v) is 0. The molecular formula is C2H7MoNO7. The van der Waals surface area contributed by atoms with Crippen LogP contribution in [0.4, 0.5) is 0 Å². The first-order valence-electron chi connectivity index (χ1n) is 2.05. The predicted molar refractivity (Wildman–Crippen MR) is 24.0 cm³/mol. The van der Waals surface area contributed by atoms with Crippen LogP contribution in [-0.4, -0.2) is 26.6 Å². The monoisotopic (exact) mass is 255 g/mol. The summed E-state index contributed by atoms with van der Waals surface area (Å²) in [4.78, 5) is 9.24. The van der Waals surface area contributed by atoms with Crippen LogP contribution in [0, 0.1) is 0 Å². The van der Waals surface area contributed by atoms with Gasteiger partial charge in [-0.1, -0.05) is 0 Å². The van der Waals surface area contributed by atoms with Crippen molar-refractivity contribution < 1.29 is 46.0 Å². The molecule has 0 radical (unpaired) electrons. The molecule has 0 atom stereocenters. The van der Waals surface area contributed by atoms with Gasteiger partial charge in [0.2, 0.25) is 0 Å². The Morgan fingerprint density at radius 3 is 1.73 bits per heavy atom. The Bertz CT molecular complexity index is 194. The van der Waals surface area contributed by atoms with Crippen LogP contribution in [0.15, 0.2) is 0 Å². The second-order valence-corrected chi connectivity index (χ2v) is 3.57. The molecular weight excluding hydrogens is 246 g/mol. The minimum atomic E-state index is -5.51. The molecule has 11 heavy (non-hydrogen) atoms. The number of carbonyl (C=O) groups is 1. The van der Waals surface area contributed by atoms with Crippen LogP contribution in [0.2, 0.25) is 0 Å². The molecule has 8 nitrogen and oxygen atoms in total. The van der Waals surface area contributed by atoms with Crippen molar-refractivity contribution >= 4 is 5.97 Å². The average molecular weight is 253 g/mol. The van der Waals surface area contributed by atoms with E-state index in [-0.39, 0.29) is 6.54 Å². The molecule has 0 bridgehead atoms. The van der Waals surface area contributed by atoms with E-state index in [1.165, 1.54) is 0 Å². The maximum atomic E-state index is 9.24. The summed E-state index contributed by atoms with van der Waals surface area (Å²) in [5, 5.41) is 14.7. The fraction of sp³-hybridized carbons (Fsp3) is 0.500. The van der Waals surface area contributed by atoms with Gasteiger partial charge in [-0.25, -0.2) is 0 Å². The maximum absolute atomic E-state index is 9.24. The summed E-state index contributed by atoms with van der Waals surface area (Å²) >= 11 is -5.51. The van der Waals surface area contributed by atoms with Crippen molar-refractivity contribution in [2.45, 2.75) is 0 Å². The molecule has 0 aliphatic rings. The van der Waals surface area contributed by atoms with Crippen LogP contribution in [0.25, 0.3) is 0 Å². The standard InChI is InChI=1S/C2H5NO2.Mo.H2O2.H2O.2O/c3-1-2(4)5;;1-2;;;/h1,3H2,(H,4,5);;1-2H;1H2;;/q;+2;;;;/p-2. The summed E-state index contributed by atoms with van der Waals surface area (Å²) in [5.41, 5.74) is 4.57. The Morgan fingerprint density at radius 2 is 1.73 bits per heavy atom. The van der Waals surface area contributed by atoms with Gasteiger partial charge in [0.05, 0.1) is 6.54 Å². The van der Waals surface area contributed by atoms with Crippen molar-refractivity contribution in [2.75, 3.05) is 6.54 Å². The normalized spacial score (nSPS) is 9.73. The van der Waals surface area contributed by atoms with E-state index in [1.807, 2.05) is 0 Å². The third-order valence-electron chi connectivity index (χ3n) is 0.269. The first-order chi connectivity index (χ1) is 4.83. The SMILES string of the molecule is NCC(=O)O.[O]=[Mo](=[O])([OH])[O]O. The van der Waals surface area contributed by atoms with E-state index in [0.29, 0.717) is 0 Å². The molecule has 0 aliphatic carbocycles. The molecule has 0 saturated heterocycles. The molecule has 68 valence electrons. The van der Waals surface area contributed by atoms with Gasteiger partial charge in [0, 0.05) is 0 Å². The topological polar surface area (TPSA) is 147 Å². The van der Waals surface area contributed by atoms with E-state index in [9.17, 15) is 11.6 Å². The molecule has 0 aromatic carbocycles. The second kappa shape index (κ2) is 6.32. The number of rotatable bonds is 2. The van der Waals surface area contributed by atoms with Crippen LogP contribution in [0.5, 0.6) is 0 Å². The van der Waals surface area contributed by atoms with E-state index in [2.05, 4.69) is 9.27 Å². The molecule has 0 aromatic rings. The Kier molecular flexibility index (Phi) is 7.58. The summed E-state index contributed by atoms with van der Waals surface area (Å²) in [5.74, 6) is -0.968. The Labute approximate surface area is 64.8 Å². The molecule has 0 saturated carbocycles. The molecule has 9 heteroatoms. The van der Waals surface area contributed by atoms with Gasteiger partial charge in [-0.3, -0.25) is 4.79 Å². The molecule has 0 spiro atoms. The molecule has 0 aliphatic heterocycles. The van der Waals surface area contributed by atoms with E-state index < -0.39 is 22.7 Å². The minimum absolute atomic E-state index is 0.278. The van der Waals surface area contributed by atoms with Crippen LogP contribution >= 0.6 is 0 Å². The van der Waals surface area contributed by atoms with Gasteiger partial charge in [-0.05, 0) is 0 Å². The van der Waals surface area contributed by atoms with E-state index in [4.69, 9.17) is 14.1 Å². The van der Waals surface area contributed by atoms with Crippen molar-refractivity contribution in [3.63, 3.8) is 0 Å². The van der Waals surface area contributed by atoms with Crippen molar-refractivity contribution in [3.8, 4) is 0 Å². The zero-order valence-electron chi connectivity index (χ0n) is 5.17. The van der Waals surface area contributed by atoms with Crippen molar-refractivity contribution in [2.24, 2.45) is 5.73 Å². The van der Waals surface area contributed by atoms with E-state index in [0.717, 1.165) is 0 Å². The van der Waals surface area contributed by atoms with Gasteiger partial charge >= 0.3 is 42.1 Å². The average Bonchev–Trinajstić information content (AvgIpc) is 1.88. The number of carboxylic acid groups (broad SMARTS) is 1. The van der Waals surface area contributed by atoms with Gasteiger partial charge in [0.25, 0.3) is 0 Å². The first kappa shape index (κ1) is 13.2. The third-order valence-corrected chi connectivity index (χ3v) is 0.732. The predicted octanol–water partition coefficient (Wildman–Crippen LogP) is -1.83.